The topological polar surface area (TPSA) is 29.1 Å². The van der Waals surface area contributed by atoms with E-state index < -0.39 is 0 Å². The summed E-state index contributed by atoms with van der Waals surface area (Å²) < 4.78 is 0. The van der Waals surface area contributed by atoms with Gasteiger partial charge in [0.25, 0.3) is 5.91 Å². The van der Waals surface area contributed by atoms with Crippen molar-refractivity contribution in [3.63, 3.8) is 0 Å². The molecule has 0 aromatic heterocycles. The Morgan fingerprint density at radius 2 is 2.18 bits per heavy atom. The van der Waals surface area contributed by atoms with Gasteiger partial charge in [0.2, 0.25) is 0 Å². The summed E-state index contributed by atoms with van der Waals surface area (Å²) in [5.74, 6) is 2.59. The zero-order chi connectivity index (χ0) is 7.90. The highest BCUT2D eigenvalue weighted by Gasteiger charge is 2.54. The van der Waals surface area contributed by atoms with Crippen LogP contribution in [0.5, 0.6) is 0 Å². The molecule has 0 spiro atoms. The zero-order valence-corrected chi connectivity index (χ0v) is 6.39. The quantitative estimate of drug-likeness (QED) is 0.575. The molecule has 0 unspecified atom stereocenters. The molecule has 0 aliphatic heterocycles. The van der Waals surface area contributed by atoms with Crippen LogP contribution < -0.4 is 5.32 Å². The van der Waals surface area contributed by atoms with E-state index in [1.165, 1.54) is 12.8 Å². The zero-order valence-electron chi connectivity index (χ0n) is 6.39. The Bertz CT molecular complexity index is 230. The first-order valence-electron chi connectivity index (χ1n) is 4.06. The summed E-state index contributed by atoms with van der Waals surface area (Å²) in [5, 5.41) is 2.90. The van der Waals surface area contributed by atoms with Crippen LogP contribution in [-0.4, -0.2) is 11.4 Å². The van der Waals surface area contributed by atoms with Crippen LogP contribution >= 0.6 is 0 Å². The van der Waals surface area contributed by atoms with Gasteiger partial charge in [-0.15, -0.1) is 6.42 Å². The van der Waals surface area contributed by atoms with Gasteiger partial charge in [0.1, 0.15) is 0 Å². The molecule has 0 aromatic rings. The van der Waals surface area contributed by atoms with Gasteiger partial charge in [0.05, 0.1) is 0 Å². The van der Waals surface area contributed by atoms with Gasteiger partial charge < -0.3 is 5.32 Å². The highest BCUT2D eigenvalue weighted by Crippen LogP contribution is 2.53. The van der Waals surface area contributed by atoms with Crippen LogP contribution in [0.15, 0.2) is 0 Å². The second-order valence-corrected chi connectivity index (χ2v) is 3.53. The fourth-order valence-corrected chi connectivity index (χ4v) is 1.67. The van der Waals surface area contributed by atoms with Crippen molar-refractivity contribution in [3.8, 4) is 12.3 Å². The van der Waals surface area contributed by atoms with E-state index >= 15 is 0 Å². The standard InChI is InChI=1S/C9H11NO/c1-2-8(11)10-9(5-6-9)7-3-4-7/h1,7H,3-6H2,(H,10,11). The number of hydrogen-bond donors (Lipinski definition) is 1. The molecule has 0 radical (unpaired) electrons. The molecular formula is C9H11NO. The van der Waals surface area contributed by atoms with Crippen molar-refractivity contribution >= 4 is 5.91 Å². The van der Waals surface area contributed by atoms with E-state index in [1.807, 2.05) is 0 Å². The van der Waals surface area contributed by atoms with Crippen LogP contribution in [-0.2, 0) is 4.79 Å². The summed E-state index contributed by atoms with van der Waals surface area (Å²) in [6, 6.07) is 0. The van der Waals surface area contributed by atoms with E-state index in [-0.39, 0.29) is 11.4 Å². The minimum Gasteiger partial charge on any atom is -0.340 e. The van der Waals surface area contributed by atoms with E-state index in [9.17, 15) is 4.79 Å². The number of carbonyl (C=O) groups is 1. The fourth-order valence-electron chi connectivity index (χ4n) is 1.67. The maximum atomic E-state index is 10.9. The molecule has 0 heterocycles. The summed E-state index contributed by atoms with van der Waals surface area (Å²) >= 11 is 0. The molecule has 0 atom stereocenters. The average molecular weight is 149 g/mol. The Kier molecular flexibility index (Phi) is 1.23. The molecule has 2 aliphatic carbocycles. The molecular weight excluding hydrogens is 138 g/mol. The summed E-state index contributed by atoms with van der Waals surface area (Å²) in [5.41, 5.74) is 0.142. The van der Waals surface area contributed by atoms with Crippen molar-refractivity contribution in [1.82, 2.24) is 5.32 Å². The summed E-state index contributed by atoms with van der Waals surface area (Å²) in [4.78, 5) is 10.9. The van der Waals surface area contributed by atoms with E-state index in [4.69, 9.17) is 6.42 Å². The van der Waals surface area contributed by atoms with Gasteiger partial charge in [-0.3, -0.25) is 4.79 Å². The number of hydrogen-bond acceptors (Lipinski definition) is 1. The van der Waals surface area contributed by atoms with Crippen molar-refractivity contribution < 1.29 is 4.79 Å². The second-order valence-electron chi connectivity index (χ2n) is 3.53. The first kappa shape index (κ1) is 6.72. The van der Waals surface area contributed by atoms with Gasteiger partial charge in [-0.05, 0) is 37.5 Å². The highest BCUT2D eigenvalue weighted by molar-refractivity contribution is 5.93. The van der Waals surface area contributed by atoms with Crippen molar-refractivity contribution in [1.29, 1.82) is 0 Å². The fraction of sp³-hybridized carbons (Fsp3) is 0.667. The number of terminal acetylenes is 1. The third kappa shape index (κ3) is 1.11. The Morgan fingerprint density at radius 3 is 2.55 bits per heavy atom. The predicted octanol–water partition coefficient (Wildman–Crippen LogP) is 0.678. The lowest BCUT2D eigenvalue weighted by Gasteiger charge is -2.13. The second kappa shape index (κ2) is 2.01. The van der Waals surface area contributed by atoms with Crippen LogP contribution in [0.3, 0.4) is 0 Å². The lowest BCUT2D eigenvalue weighted by Crippen LogP contribution is -2.37. The Balaban J connectivity index is 1.95. The molecule has 1 N–H and O–H groups in total. The van der Waals surface area contributed by atoms with Gasteiger partial charge in [0, 0.05) is 5.54 Å². The molecule has 11 heavy (non-hydrogen) atoms. The third-order valence-corrected chi connectivity index (χ3v) is 2.64. The van der Waals surface area contributed by atoms with E-state index in [1.54, 1.807) is 0 Å². The lowest BCUT2D eigenvalue weighted by atomic mass is 10.1. The smallest absolute Gasteiger partial charge is 0.296 e. The first-order valence-corrected chi connectivity index (χ1v) is 4.06. The minimum absolute atomic E-state index is 0.142. The molecule has 2 saturated carbocycles. The van der Waals surface area contributed by atoms with Gasteiger partial charge in [-0.1, -0.05) is 0 Å². The van der Waals surface area contributed by atoms with E-state index in [2.05, 4.69) is 11.2 Å². The largest absolute Gasteiger partial charge is 0.340 e. The highest BCUT2D eigenvalue weighted by atomic mass is 16.1. The van der Waals surface area contributed by atoms with Gasteiger partial charge in [-0.2, -0.15) is 0 Å². The average Bonchev–Trinajstić information content (AvgIpc) is 2.81. The van der Waals surface area contributed by atoms with Gasteiger partial charge in [0.15, 0.2) is 0 Å². The number of amides is 1. The molecule has 0 bridgehead atoms. The number of nitrogens with one attached hydrogen (secondary N) is 1. The number of rotatable bonds is 2. The minimum atomic E-state index is -0.241. The monoisotopic (exact) mass is 149 g/mol. The summed E-state index contributed by atoms with van der Waals surface area (Å²) in [7, 11) is 0. The van der Waals surface area contributed by atoms with Crippen molar-refractivity contribution in [2.45, 2.75) is 31.2 Å². The van der Waals surface area contributed by atoms with Crippen molar-refractivity contribution in [2.24, 2.45) is 5.92 Å². The third-order valence-electron chi connectivity index (χ3n) is 2.64. The number of carbonyl (C=O) groups excluding carboxylic acids is 1. The van der Waals surface area contributed by atoms with Crippen molar-refractivity contribution in [2.75, 3.05) is 0 Å². The molecule has 2 fully saturated rings. The molecule has 0 aromatic carbocycles. The first-order chi connectivity index (χ1) is 5.27. The van der Waals surface area contributed by atoms with E-state index in [0.717, 1.165) is 18.8 Å². The normalized spacial score (nSPS) is 25.4. The molecule has 2 aliphatic rings. The van der Waals surface area contributed by atoms with Gasteiger partial charge in [-0.25, -0.2) is 0 Å². The molecule has 2 nitrogen and oxygen atoms in total. The van der Waals surface area contributed by atoms with Crippen LogP contribution in [0.1, 0.15) is 25.7 Å². The lowest BCUT2D eigenvalue weighted by molar-refractivity contribution is -0.116. The molecule has 0 saturated heterocycles. The predicted molar refractivity (Wildman–Crippen MR) is 41.7 cm³/mol. The molecule has 58 valence electrons. The van der Waals surface area contributed by atoms with Crippen LogP contribution in [0.2, 0.25) is 0 Å². The van der Waals surface area contributed by atoms with Crippen molar-refractivity contribution in [3.05, 3.63) is 0 Å². The van der Waals surface area contributed by atoms with Gasteiger partial charge >= 0.3 is 0 Å². The molecule has 2 heteroatoms. The Hall–Kier alpha value is -0.970. The summed E-state index contributed by atoms with van der Waals surface area (Å²) in [6.07, 6.45) is 9.76. The Morgan fingerprint density at radius 1 is 1.55 bits per heavy atom. The SMILES string of the molecule is C#CC(=O)NC1(C2CC2)CC1. The molecule has 1 amide bonds. The maximum absolute atomic E-state index is 10.9. The van der Waals surface area contributed by atoms with Crippen LogP contribution in [0.25, 0.3) is 0 Å². The Labute approximate surface area is 66.4 Å². The maximum Gasteiger partial charge on any atom is 0.296 e. The summed E-state index contributed by atoms with van der Waals surface area (Å²) in [6.45, 7) is 0. The van der Waals surface area contributed by atoms with Crippen LogP contribution in [0, 0.1) is 18.3 Å². The van der Waals surface area contributed by atoms with Crippen LogP contribution in [0.4, 0.5) is 0 Å². The van der Waals surface area contributed by atoms with E-state index in [0.29, 0.717) is 0 Å². The molecule has 2 rings (SSSR count).